The zero-order chi connectivity index (χ0) is 11.3. The molecule has 0 saturated carbocycles. The Labute approximate surface area is 86.9 Å². The van der Waals surface area contributed by atoms with Gasteiger partial charge in [-0.3, -0.25) is 0 Å². The number of rotatable bonds is 4. The average Bonchev–Trinajstić information content (AvgIpc) is 2.20. The van der Waals surface area contributed by atoms with Gasteiger partial charge in [-0.05, 0) is 18.2 Å². The molecule has 0 saturated heterocycles. The Morgan fingerprint density at radius 2 is 2.33 bits per heavy atom. The number of carboxylic acid groups (broad SMARTS) is 1. The van der Waals surface area contributed by atoms with E-state index in [1.807, 2.05) is 0 Å². The SMILES string of the molecule is C#CCNCc1cc(C(=O)O)ccc1F. The van der Waals surface area contributed by atoms with Crippen molar-refractivity contribution in [1.29, 1.82) is 0 Å². The Kier molecular flexibility index (Phi) is 3.83. The Morgan fingerprint density at radius 1 is 1.60 bits per heavy atom. The number of nitrogens with one attached hydrogen (secondary N) is 1. The average molecular weight is 207 g/mol. The molecule has 0 radical (unpaired) electrons. The van der Waals surface area contributed by atoms with Crippen molar-refractivity contribution in [2.24, 2.45) is 0 Å². The molecule has 0 bridgehead atoms. The number of hydrogen-bond donors (Lipinski definition) is 2. The normalized spacial score (nSPS) is 9.60. The Bertz CT molecular complexity index is 410. The molecule has 0 aliphatic carbocycles. The van der Waals surface area contributed by atoms with Crippen molar-refractivity contribution in [2.75, 3.05) is 6.54 Å². The highest BCUT2D eigenvalue weighted by Crippen LogP contribution is 2.10. The van der Waals surface area contributed by atoms with Crippen molar-refractivity contribution < 1.29 is 14.3 Å². The molecule has 0 heterocycles. The third-order valence-electron chi connectivity index (χ3n) is 1.84. The highest BCUT2D eigenvalue weighted by Gasteiger charge is 2.07. The van der Waals surface area contributed by atoms with E-state index in [0.29, 0.717) is 12.1 Å². The van der Waals surface area contributed by atoms with Gasteiger partial charge in [0.05, 0.1) is 12.1 Å². The zero-order valence-electron chi connectivity index (χ0n) is 7.96. The van der Waals surface area contributed by atoms with Crippen LogP contribution in [0.1, 0.15) is 15.9 Å². The van der Waals surface area contributed by atoms with E-state index in [4.69, 9.17) is 11.5 Å². The van der Waals surface area contributed by atoms with E-state index in [0.717, 1.165) is 6.07 Å². The van der Waals surface area contributed by atoms with Gasteiger partial charge < -0.3 is 10.4 Å². The van der Waals surface area contributed by atoms with Crippen LogP contribution in [0.25, 0.3) is 0 Å². The molecule has 0 fully saturated rings. The van der Waals surface area contributed by atoms with E-state index in [2.05, 4.69) is 11.2 Å². The predicted molar refractivity (Wildman–Crippen MR) is 53.9 cm³/mol. The van der Waals surface area contributed by atoms with Crippen LogP contribution >= 0.6 is 0 Å². The minimum absolute atomic E-state index is 0.0638. The van der Waals surface area contributed by atoms with E-state index in [1.165, 1.54) is 12.1 Å². The van der Waals surface area contributed by atoms with Crippen LogP contribution in [0.3, 0.4) is 0 Å². The molecule has 0 atom stereocenters. The van der Waals surface area contributed by atoms with Gasteiger partial charge in [0.15, 0.2) is 0 Å². The maximum absolute atomic E-state index is 13.2. The fourth-order valence-corrected chi connectivity index (χ4v) is 1.11. The lowest BCUT2D eigenvalue weighted by molar-refractivity contribution is 0.0696. The summed E-state index contributed by atoms with van der Waals surface area (Å²) >= 11 is 0. The molecule has 0 amide bonds. The summed E-state index contributed by atoms with van der Waals surface area (Å²) in [5.41, 5.74) is 0.360. The van der Waals surface area contributed by atoms with Crippen molar-refractivity contribution in [3.8, 4) is 12.3 Å². The van der Waals surface area contributed by atoms with Gasteiger partial charge in [-0.1, -0.05) is 5.92 Å². The lowest BCUT2D eigenvalue weighted by Gasteiger charge is -2.04. The minimum Gasteiger partial charge on any atom is -0.478 e. The van der Waals surface area contributed by atoms with Crippen molar-refractivity contribution in [1.82, 2.24) is 5.32 Å². The van der Waals surface area contributed by atoms with Crippen LogP contribution in [0.4, 0.5) is 4.39 Å². The second kappa shape index (κ2) is 5.13. The molecule has 0 spiro atoms. The molecular formula is C11H10FNO2. The summed E-state index contributed by atoms with van der Waals surface area (Å²) in [5, 5.41) is 11.5. The molecule has 2 N–H and O–H groups in total. The van der Waals surface area contributed by atoms with Gasteiger partial charge in [-0.25, -0.2) is 9.18 Å². The first kappa shape index (κ1) is 11.2. The van der Waals surface area contributed by atoms with E-state index in [9.17, 15) is 9.18 Å². The highest BCUT2D eigenvalue weighted by molar-refractivity contribution is 5.87. The highest BCUT2D eigenvalue weighted by atomic mass is 19.1. The number of benzene rings is 1. The van der Waals surface area contributed by atoms with Gasteiger partial charge in [0.1, 0.15) is 5.82 Å². The second-order valence-electron chi connectivity index (χ2n) is 2.92. The summed E-state index contributed by atoms with van der Waals surface area (Å²) in [7, 11) is 0. The number of terminal acetylenes is 1. The standard InChI is InChI=1S/C11H10FNO2/c1-2-5-13-7-9-6-8(11(14)15)3-4-10(9)12/h1,3-4,6,13H,5,7H2,(H,14,15). The number of hydrogen-bond acceptors (Lipinski definition) is 2. The topological polar surface area (TPSA) is 49.3 Å². The molecule has 4 heteroatoms. The number of aromatic carboxylic acids is 1. The summed E-state index contributed by atoms with van der Waals surface area (Å²) in [6, 6.07) is 3.65. The number of halogens is 1. The van der Waals surface area contributed by atoms with E-state index < -0.39 is 11.8 Å². The quantitative estimate of drug-likeness (QED) is 0.577. The van der Waals surface area contributed by atoms with Gasteiger partial charge in [0, 0.05) is 12.1 Å². The predicted octanol–water partition coefficient (Wildman–Crippen LogP) is 1.25. The molecule has 0 aromatic heterocycles. The maximum Gasteiger partial charge on any atom is 0.335 e. The lowest BCUT2D eigenvalue weighted by Crippen LogP contribution is -2.14. The van der Waals surface area contributed by atoms with E-state index in [-0.39, 0.29) is 12.1 Å². The maximum atomic E-state index is 13.2. The van der Waals surface area contributed by atoms with Crippen molar-refractivity contribution >= 4 is 5.97 Å². The van der Waals surface area contributed by atoms with Crippen LogP contribution in [-0.4, -0.2) is 17.6 Å². The second-order valence-corrected chi connectivity index (χ2v) is 2.92. The van der Waals surface area contributed by atoms with Gasteiger partial charge in [0.25, 0.3) is 0 Å². The third-order valence-corrected chi connectivity index (χ3v) is 1.84. The Morgan fingerprint density at radius 3 is 2.93 bits per heavy atom. The Hall–Kier alpha value is -1.86. The first-order valence-corrected chi connectivity index (χ1v) is 4.31. The monoisotopic (exact) mass is 207 g/mol. The van der Waals surface area contributed by atoms with Crippen LogP contribution in [0.2, 0.25) is 0 Å². The lowest BCUT2D eigenvalue weighted by atomic mass is 10.1. The van der Waals surface area contributed by atoms with Crippen molar-refractivity contribution in [2.45, 2.75) is 6.54 Å². The number of carbonyl (C=O) groups is 1. The van der Waals surface area contributed by atoms with Crippen molar-refractivity contribution in [3.63, 3.8) is 0 Å². The van der Waals surface area contributed by atoms with E-state index >= 15 is 0 Å². The molecule has 0 aliphatic rings. The first-order valence-electron chi connectivity index (χ1n) is 4.31. The van der Waals surface area contributed by atoms with Crippen LogP contribution in [0.5, 0.6) is 0 Å². The zero-order valence-corrected chi connectivity index (χ0v) is 7.96. The fourth-order valence-electron chi connectivity index (χ4n) is 1.11. The molecule has 1 aromatic carbocycles. The van der Waals surface area contributed by atoms with Crippen LogP contribution in [-0.2, 0) is 6.54 Å². The van der Waals surface area contributed by atoms with Gasteiger partial charge >= 0.3 is 5.97 Å². The summed E-state index contributed by atoms with van der Waals surface area (Å²) in [6.45, 7) is 0.536. The van der Waals surface area contributed by atoms with Crippen molar-refractivity contribution in [3.05, 3.63) is 35.1 Å². The summed E-state index contributed by atoms with van der Waals surface area (Å²) in [4.78, 5) is 10.6. The minimum atomic E-state index is -1.08. The molecule has 15 heavy (non-hydrogen) atoms. The first-order chi connectivity index (χ1) is 7.15. The summed E-state index contributed by atoms with van der Waals surface area (Å²) in [6.07, 6.45) is 5.01. The third kappa shape index (κ3) is 3.08. The molecule has 1 rings (SSSR count). The molecular weight excluding hydrogens is 197 g/mol. The summed E-state index contributed by atoms with van der Waals surface area (Å²) in [5.74, 6) is 0.829. The largest absolute Gasteiger partial charge is 0.478 e. The van der Waals surface area contributed by atoms with Crippen LogP contribution in [0, 0.1) is 18.2 Å². The molecule has 3 nitrogen and oxygen atoms in total. The van der Waals surface area contributed by atoms with Crippen LogP contribution in [0.15, 0.2) is 18.2 Å². The van der Waals surface area contributed by atoms with E-state index in [1.54, 1.807) is 0 Å². The Balaban J connectivity index is 2.82. The van der Waals surface area contributed by atoms with Gasteiger partial charge in [-0.2, -0.15) is 0 Å². The van der Waals surface area contributed by atoms with Gasteiger partial charge in [-0.15, -0.1) is 6.42 Å². The molecule has 0 unspecified atom stereocenters. The molecule has 78 valence electrons. The molecule has 1 aromatic rings. The van der Waals surface area contributed by atoms with Crippen LogP contribution < -0.4 is 5.32 Å². The number of carboxylic acids is 1. The van der Waals surface area contributed by atoms with Gasteiger partial charge in [0.2, 0.25) is 0 Å². The molecule has 0 aliphatic heterocycles. The summed E-state index contributed by atoms with van der Waals surface area (Å²) < 4.78 is 13.2. The smallest absolute Gasteiger partial charge is 0.335 e. The fraction of sp³-hybridized carbons (Fsp3) is 0.182.